The monoisotopic (exact) mass is 533 g/mol. The van der Waals surface area contributed by atoms with Crippen LogP contribution in [-0.2, 0) is 4.74 Å². The molecule has 0 unspecified atom stereocenters. The molecule has 4 rings (SSSR count). The van der Waals surface area contributed by atoms with E-state index in [-0.39, 0.29) is 15.8 Å². The van der Waals surface area contributed by atoms with Gasteiger partial charge >= 0.3 is 0 Å². The molecule has 2 aromatic carbocycles. The number of aromatic nitrogens is 4. The molecule has 10 heteroatoms. The minimum absolute atomic E-state index is 0.0229. The molecule has 0 bridgehead atoms. The standard InChI is InChI=1S/C22H18BrCl2N5O2/c1-32-8-7-27-22-26-6-5-17(28-22)20-19(12-3-2-4-13(23)9-12)29-21(30-20)18-15(24)10-14(31)11-16(18)25/h2-6,9-11,31H,7-8H2,1H3,(H,29,30)(H,26,27,28). The lowest BCUT2D eigenvalue weighted by atomic mass is 10.1. The summed E-state index contributed by atoms with van der Waals surface area (Å²) in [7, 11) is 1.63. The lowest BCUT2D eigenvalue weighted by Crippen LogP contribution is -2.10. The molecule has 0 fully saturated rings. The Kier molecular flexibility index (Phi) is 6.95. The van der Waals surface area contributed by atoms with Crippen molar-refractivity contribution < 1.29 is 9.84 Å². The largest absolute Gasteiger partial charge is 0.508 e. The molecule has 3 N–H and O–H groups in total. The summed E-state index contributed by atoms with van der Waals surface area (Å²) in [5, 5.41) is 13.5. The van der Waals surface area contributed by atoms with E-state index in [4.69, 9.17) is 32.9 Å². The third-order valence-corrected chi connectivity index (χ3v) is 5.66. The average Bonchev–Trinajstić information content (AvgIpc) is 3.18. The summed E-state index contributed by atoms with van der Waals surface area (Å²) in [6.45, 7) is 1.11. The summed E-state index contributed by atoms with van der Waals surface area (Å²) in [5.74, 6) is 0.902. The number of hydrogen-bond donors (Lipinski definition) is 3. The molecule has 0 saturated carbocycles. The Bertz CT molecular complexity index is 1240. The highest BCUT2D eigenvalue weighted by Gasteiger charge is 2.20. The highest BCUT2D eigenvalue weighted by molar-refractivity contribution is 9.10. The molecule has 7 nitrogen and oxygen atoms in total. The molecule has 0 saturated heterocycles. The molecule has 0 aliphatic carbocycles. The van der Waals surface area contributed by atoms with Gasteiger partial charge in [-0.05, 0) is 30.3 Å². The SMILES string of the molecule is COCCNc1nccc(-c2[nH]c(-c3c(Cl)cc(O)cc3Cl)nc2-c2cccc(Br)c2)n1. The summed E-state index contributed by atoms with van der Waals surface area (Å²) in [4.78, 5) is 17.0. The van der Waals surface area contributed by atoms with Crippen LogP contribution in [0.15, 0.2) is 53.1 Å². The van der Waals surface area contributed by atoms with Gasteiger partial charge in [-0.15, -0.1) is 0 Å². The maximum absolute atomic E-state index is 9.79. The van der Waals surface area contributed by atoms with Crippen LogP contribution >= 0.6 is 39.1 Å². The maximum Gasteiger partial charge on any atom is 0.223 e. The van der Waals surface area contributed by atoms with Gasteiger partial charge in [-0.2, -0.15) is 0 Å². The van der Waals surface area contributed by atoms with Crippen LogP contribution in [-0.4, -0.2) is 45.3 Å². The van der Waals surface area contributed by atoms with E-state index < -0.39 is 0 Å². The van der Waals surface area contributed by atoms with Crippen LogP contribution in [0.3, 0.4) is 0 Å². The predicted octanol–water partition coefficient (Wildman–Crippen LogP) is 6.03. The fourth-order valence-electron chi connectivity index (χ4n) is 3.16. The number of methoxy groups -OCH3 is 1. The molecule has 0 aliphatic heterocycles. The predicted molar refractivity (Wildman–Crippen MR) is 130 cm³/mol. The Morgan fingerprint density at radius 3 is 2.62 bits per heavy atom. The lowest BCUT2D eigenvalue weighted by molar-refractivity contribution is 0.210. The lowest BCUT2D eigenvalue weighted by Gasteiger charge is -2.07. The Hall–Kier alpha value is -2.65. The number of H-pyrrole nitrogens is 1. The van der Waals surface area contributed by atoms with E-state index in [9.17, 15) is 5.11 Å². The number of aromatic amines is 1. The molecule has 0 spiro atoms. The van der Waals surface area contributed by atoms with Gasteiger partial charge < -0.3 is 20.1 Å². The topological polar surface area (TPSA) is 96.0 Å². The first-order chi connectivity index (χ1) is 15.5. The zero-order chi connectivity index (χ0) is 22.7. The molecule has 0 radical (unpaired) electrons. The van der Waals surface area contributed by atoms with Crippen molar-refractivity contribution in [2.24, 2.45) is 0 Å². The number of nitrogens with one attached hydrogen (secondary N) is 2. The number of ether oxygens (including phenoxy) is 1. The third-order valence-electron chi connectivity index (χ3n) is 4.57. The summed E-state index contributed by atoms with van der Waals surface area (Å²) in [6.07, 6.45) is 1.67. The number of imidazole rings is 1. The van der Waals surface area contributed by atoms with Gasteiger partial charge in [0.2, 0.25) is 5.95 Å². The minimum atomic E-state index is -0.0229. The van der Waals surface area contributed by atoms with Gasteiger partial charge in [0.25, 0.3) is 0 Å². The van der Waals surface area contributed by atoms with E-state index in [1.54, 1.807) is 19.4 Å². The quantitative estimate of drug-likeness (QED) is 0.250. The molecule has 32 heavy (non-hydrogen) atoms. The fraction of sp³-hybridized carbons (Fsp3) is 0.136. The van der Waals surface area contributed by atoms with Crippen molar-refractivity contribution in [3.63, 3.8) is 0 Å². The zero-order valence-corrected chi connectivity index (χ0v) is 20.0. The van der Waals surface area contributed by atoms with Crippen LogP contribution in [0.25, 0.3) is 34.0 Å². The van der Waals surface area contributed by atoms with Crippen molar-refractivity contribution in [3.05, 3.63) is 63.2 Å². The molecule has 2 aromatic heterocycles. The van der Waals surface area contributed by atoms with Gasteiger partial charge in [0.05, 0.1) is 39.3 Å². The number of aromatic hydroxyl groups is 1. The zero-order valence-electron chi connectivity index (χ0n) is 16.9. The van der Waals surface area contributed by atoms with E-state index in [1.165, 1.54) is 12.1 Å². The van der Waals surface area contributed by atoms with E-state index >= 15 is 0 Å². The third kappa shape index (κ3) is 4.88. The first-order valence-corrected chi connectivity index (χ1v) is 11.1. The van der Waals surface area contributed by atoms with E-state index in [0.717, 1.165) is 10.0 Å². The smallest absolute Gasteiger partial charge is 0.223 e. The molecule has 0 aliphatic rings. The molecule has 0 amide bonds. The van der Waals surface area contributed by atoms with Crippen molar-refractivity contribution >= 4 is 45.1 Å². The summed E-state index contributed by atoms with van der Waals surface area (Å²) < 4.78 is 5.98. The van der Waals surface area contributed by atoms with E-state index in [0.29, 0.717) is 47.6 Å². The van der Waals surface area contributed by atoms with Crippen LogP contribution in [0.5, 0.6) is 5.75 Å². The van der Waals surface area contributed by atoms with Crippen LogP contribution < -0.4 is 5.32 Å². The highest BCUT2D eigenvalue weighted by Crippen LogP contribution is 2.40. The van der Waals surface area contributed by atoms with Crippen LogP contribution in [0.2, 0.25) is 10.0 Å². The van der Waals surface area contributed by atoms with Crippen molar-refractivity contribution in [2.45, 2.75) is 0 Å². The Balaban J connectivity index is 1.86. The second-order valence-electron chi connectivity index (χ2n) is 6.79. The van der Waals surface area contributed by atoms with Crippen LogP contribution in [0.4, 0.5) is 5.95 Å². The Labute approximate surface area is 202 Å². The second kappa shape index (κ2) is 9.87. The van der Waals surface area contributed by atoms with Crippen LogP contribution in [0.1, 0.15) is 0 Å². The van der Waals surface area contributed by atoms with Gasteiger partial charge in [-0.25, -0.2) is 15.0 Å². The van der Waals surface area contributed by atoms with Crippen molar-refractivity contribution in [1.29, 1.82) is 0 Å². The number of halogens is 3. The number of nitrogens with zero attached hydrogens (tertiary/aromatic N) is 3. The number of hydrogen-bond acceptors (Lipinski definition) is 6. The van der Waals surface area contributed by atoms with Crippen LogP contribution in [0, 0.1) is 0 Å². The highest BCUT2D eigenvalue weighted by atomic mass is 79.9. The normalized spacial score (nSPS) is 11.0. The summed E-state index contributed by atoms with van der Waals surface area (Å²) in [5.41, 5.74) is 3.34. The van der Waals surface area contributed by atoms with Crippen molar-refractivity contribution in [2.75, 3.05) is 25.6 Å². The number of benzene rings is 2. The van der Waals surface area contributed by atoms with E-state index in [1.807, 2.05) is 24.3 Å². The van der Waals surface area contributed by atoms with Gasteiger partial charge in [0, 0.05) is 29.9 Å². The summed E-state index contributed by atoms with van der Waals surface area (Å²) in [6, 6.07) is 12.4. The van der Waals surface area contributed by atoms with Gasteiger partial charge in [-0.3, -0.25) is 0 Å². The minimum Gasteiger partial charge on any atom is -0.508 e. The number of rotatable bonds is 7. The van der Waals surface area contributed by atoms with E-state index in [2.05, 4.69) is 36.2 Å². The van der Waals surface area contributed by atoms with Crippen molar-refractivity contribution in [1.82, 2.24) is 19.9 Å². The molecular formula is C22H18BrCl2N5O2. The van der Waals surface area contributed by atoms with Gasteiger partial charge in [0.1, 0.15) is 11.6 Å². The Morgan fingerprint density at radius 1 is 1.12 bits per heavy atom. The van der Waals surface area contributed by atoms with Crippen molar-refractivity contribution in [3.8, 4) is 39.8 Å². The second-order valence-corrected chi connectivity index (χ2v) is 8.52. The summed E-state index contributed by atoms with van der Waals surface area (Å²) >= 11 is 16.3. The number of phenolic OH excluding ortho intramolecular Hbond substituents is 1. The van der Waals surface area contributed by atoms with Gasteiger partial charge in [0.15, 0.2) is 0 Å². The van der Waals surface area contributed by atoms with Gasteiger partial charge in [-0.1, -0.05) is 51.3 Å². The first kappa shape index (κ1) is 22.5. The fourth-order valence-corrected chi connectivity index (χ4v) is 4.21. The number of anilines is 1. The number of phenols is 1. The molecule has 0 atom stereocenters. The first-order valence-electron chi connectivity index (χ1n) is 9.57. The molecule has 2 heterocycles. The maximum atomic E-state index is 9.79. The Morgan fingerprint density at radius 2 is 1.91 bits per heavy atom. The molecule has 164 valence electrons. The average molecular weight is 535 g/mol. The molecule has 4 aromatic rings. The molecular weight excluding hydrogens is 517 g/mol.